The van der Waals surface area contributed by atoms with Crippen molar-refractivity contribution >= 4 is 21.7 Å². The molecule has 0 unspecified atom stereocenters. The number of benzene rings is 2. The number of hydrogen-bond donors (Lipinski definition) is 1. The first-order valence-corrected chi connectivity index (χ1v) is 6.80. The molecule has 0 saturated carbocycles. The second-order valence-corrected chi connectivity index (χ2v) is 5.27. The van der Waals surface area contributed by atoms with E-state index in [9.17, 15) is 4.39 Å². The molecule has 0 aliphatic carbocycles. The van der Waals surface area contributed by atoms with Crippen LogP contribution in [0.3, 0.4) is 0 Å². The van der Waals surface area contributed by atoms with Crippen LogP contribution < -0.4 is 5.73 Å². The van der Waals surface area contributed by atoms with Crippen LogP contribution in [0.1, 0.15) is 0 Å². The molecule has 0 atom stereocenters. The van der Waals surface area contributed by atoms with Gasteiger partial charge in [0.05, 0.1) is 11.4 Å². The smallest absolute Gasteiger partial charge is 0.127 e. The summed E-state index contributed by atoms with van der Waals surface area (Å²) in [6, 6.07) is 15.7. The van der Waals surface area contributed by atoms with Crippen LogP contribution in [-0.2, 0) is 0 Å². The number of halogens is 2. The van der Waals surface area contributed by atoms with Gasteiger partial charge in [-0.25, -0.2) is 9.07 Å². The molecular weight excluding hydrogens is 321 g/mol. The molecule has 0 amide bonds. The lowest BCUT2D eigenvalue weighted by atomic mass is 10.1. The highest BCUT2D eigenvalue weighted by atomic mass is 79.9. The highest BCUT2D eigenvalue weighted by Gasteiger charge is 2.09. The number of nitrogens with zero attached hydrogens (tertiary/aromatic N) is 2. The topological polar surface area (TPSA) is 43.8 Å². The van der Waals surface area contributed by atoms with E-state index in [1.165, 1.54) is 12.1 Å². The van der Waals surface area contributed by atoms with E-state index >= 15 is 0 Å². The van der Waals surface area contributed by atoms with Gasteiger partial charge >= 0.3 is 0 Å². The highest BCUT2D eigenvalue weighted by molar-refractivity contribution is 9.10. The molecule has 0 fully saturated rings. The van der Waals surface area contributed by atoms with Gasteiger partial charge in [0, 0.05) is 16.1 Å². The summed E-state index contributed by atoms with van der Waals surface area (Å²) < 4.78 is 15.9. The molecule has 0 radical (unpaired) electrons. The van der Waals surface area contributed by atoms with Gasteiger partial charge in [-0.1, -0.05) is 28.1 Å². The number of aromatic nitrogens is 2. The van der Waals surface area contributed by atoms with E-state index in [0.29, 0.717) is 17.1 Å². The molecule has 1 aromatic heterocycles. The van der Waals surface area contributed by atoms with Gasteiger partial charge in [0.15, 0.2) is 0 Å². The molecule has 2 aromatic carbocycles. The van der Waals surface area contributed by atoms with Crippen LogP contribution in [0.15, 0.2) is 59.1 Å². The van der Waals surface area contributed by atoms with Crippen LogP contribution in [0.4, 0.5) is 10.2 Å². The van der Waals surface area contributed by atoms with Crippen LogP contribution in [-0.4, -0.2) is 9.78 Å². The van der Waals surface area contributed by atoms with E-state index < -0.39 is 0 Å². The summed E-state index contributed by atoms with van der Waals surface area (Å²) in [5, 5.41) is 4.43. The summed E-state index contributed by atoms with van der Waals surface area (Å²) in [5.74, 6) is 0.214. The standard InChI is InChI=1S/C15H11BrFN3/c16-11-4-6-13(7-5-11)20-15(18)9-14(19-20)10-2-1-3-12(17)8-10/h1-9H,18H2. The van der Waals surface area contributed by atoms with Gasteiger partial charge in [-0.15, -0.1) is 0 Å². The molecule has 0 saturated heterocycles. The van der Waals surface area contributed by atoms with Gasteiger partial charge < -0.3 is 5.73 Å². The number of anilines is 1. The fourth-order valence-electron chi connectivity index (χ4n) is 1.97. The molecule has 0 aliphatic rings. The second-order valence-electron chi connectivity index (χ2n) is 4.35. The Morgan fingerprint density at radius 2 is 1.80 bits per heavy atom. The first kappa shape index (κ1) is 12.9. The van der Waals surface area contributed by atoms with E-state index in [1.807, 2.05) is 24.3 Å². The van der Waals surface area contributed by atoms with Crippen LogP contribution >= 0.6 is 15.9 Å². The molecule has 100 valence electrons. The van der Waals surface area contributed by atoms with Gasteiger partial charge in [0.25, 0.3) is 0 Å². The normalized spacial score (nSPS) is 10.7. The molecule has 0 bridgehead atoms. The fourth-order valence-corrected chi connectivity index (χ4v) is 2.24. The fraction of sp³-hybridized carbons (Fsp3) is 0. The first-order valence-electron chi connectivity index (χ1n) is 6.01. The molecule has 0 spiro atoms. The largest absolute Gasteiger partial charge is 0.384 e. The van der Waals surface area contributed by atoms with E-state index in [1.54, 1.807) is 22.9 Å². The number of nitrogen functional groups attached to an aromatic ring is 1. The Balaban J connectivity index is 2.05. The molecule has 5 heteroatoms. The summed E-state index contributed by atoms with van der Waals surface area (Å²) in [6.07, 6.45) is 0. The van der Waals surface area contributed by atoms with Crippen molar-refractivity contribution in [1.82, 2.24) is 9.78 Å². The average molecular weight is 332 g/mol. The third kappa shape index (κ3) is 2.44. The molecule has 1 heterocycles. The molecule has 3 nitrogen and oxygen atoms in total. The third-order valence-corrected chi connectivity index (χ3v) is 3.46. The van der Waals surface area contributed by atoms with Gasteiger partial charge in [-0.3, -0.25) is 0 Å². The van der Waals surface area contributed by atoms with E-state index in [4.69, 9.17) is 5.73 Å². The van der Waals surface area contributed by atoms with Gasteiger partial charge in [0.1, 0.15) is 11.6 Å². The Kier molecular flexibility index (Phi) is 3.28. The Labute approximate surface area is 124 Å². The Hall–Kier alpha value is -2.14. The Bertz CT molecular complexity index is 750. The molecular formula is C15H11BrFN3. The highest BCUT2D eigenvalue weighted by Crippen LogP contribution is 2.24. The number of nitrogens with two attached hydrogens (primary N) is 1. The molecule has 2 N–H and O–H groups in total. The molecule has 20 heavy (non-hydrogen) atoms. The summed E-state index contributed by atoms with van der Waals surface area (Å²) >= 11 is 3.38. The van der Waals surface area contributed by atoms with Crippen molar-refractivity contribution in [3.8, 4) is 16.9 Å². The first-order chi connectivity index (χ1) is 9.63. The van der Waals surface area contributed by atoms with Gasteiger partial charge in [-0.05, 0) is 36.4 Å². The van der Waals surface area contributed by atoms with E-state index in [0.717, 1.165) is 10.2 Å². The van der Waals surface area contributed by atoms with Gasteiger partial charge in [0.2, 0.25) is 0 Å². The van der Waals surface area contributed by atoms with Crippen LogP contribution in [0.5, 0.6) is 0 Å². The lowest BCUT2D eigenvalue weighted by molar-refractivity contribution is 0.628. The second kappa shape index (κ2) is 5.09. The Morgan fingerprint density at radius 3 is 2.50 bits per heavy atom. The minimum absolute atomic E-state index is 0.292. The quantitative estimate of drug-likeness (QED) is 0.770. The van der Waals surface area contributed by atoms with E-state index in [2.05, 4.69) is 21.0 Å². The van der Waals surface area contributed by atoms with Crippen molar-refractivity contribution in [2.24, 2.45) is 0 Å². The van der Waals surface area contributed by atoms with Crippen molar-refractivity contribution in [3.63, 3.8) is 0 Å². The minimum atomic E-state index is -0.292. The summed E-state index contributed by atoms with van der Waals surface area (Å²) in [5.41, 5.74) is 8.18. The summed E-state index contributed by atoms with van der Waals surface area (Å²) in [7, 11) is 0. The van der Waals surface area contributed by atoms with Crippen molar-refractivity contribution in [1.29, 1.82) is 0 Å². The monoisotopic (exact) mass is 331 g/mol. The third-order valence-electron chi connectivity index (χ3n) is 2.93. The summed E-state index contributed by atoms with van der Waals surface area (Å²) in [6.45, 7) is 0. The lowest BCUT2D eigenvalue weighted by Gasteiger charge is -2.03. The van der Waals surface area contributed by atoms with E-state index in [-0.39, 0.29) is 5.82 Å². The van der Waals surface area contributed by atoms with Crippen molar-refractivity contribution in [2.75, 3.05) is 5.73 Å². The lowest BCUT2D eigenvalue weighted by Crippen LogP contribution is -2.01. The van der Waals surface area contributed by atoms with Crippen LogP contribution in [0, 0.1) is 5.82 Å². The molecule has 0 aliphatic heterocycles. The zero-order valence-electron chi connectivity index (χ0n) is 10.4. The number of rotatable bonds is 2. The number of hydrogen-bond acceptors (Lipinski definition) is 2. The zero-order chi connectivity index (χ0) is 14.1. The predicted octanol–water partition coefficient (Wildman–Crippen LogP) is 4.02. The maximum Gasteiger partial charge on any atom is 0.127 e. The average Bonchev–Trinajstić information content (AvgIpc) is 2.82. The van der Waals surface area contributed by atoms with Gasteiger partial charge in [-0.2, -0.15) is 5.10 Å². The zero-order valence-corrected chi connectivity index (χ0v) is 12.0. The Morgan fingerprint density at radius 1 is 1.05 bits per heavy atom. The van der Waals surface area contributed by atoms with Crippen molar-refractivity contribution in [2.45, 2.75) is 0 Å². The van der Waals surface area contributed by atoms with Crippen LogP contribution in [0.25, 0.3) is 16.9 Å². The molecule has 3 aromatic rings. The van der Waals surface area contributed by atoms with Crippen LogP contribution in [0.2, 0.25) is 0 Å². The minimum Gasteiger partial charge on any atom is -0.384 e. The predicted molar refractivity (Wildman–Crippen MR) is 81.1 cm³/mol. The van der Waals surface area contributed by atoms with Crippen molar-refractivity contribution < 1.29 is 4.39 Å². The maximum absolute atomic E-state index is 13.3. The molecule has 3 rings (SSSR count). The maximum atomic E-state index is 13.3. The summed E-state index contributed by atoms with van der Waals surface area (Å²) in [4.78, 5) is 0. The van der Waals surface area contributed by atoms with Crippen molar-refractivity contribution in [3.05, 3.63) is 64.9 Å². The SMILES string of the molecule is Nc1cc(-c2cccc(F)c2)nn1-c1ccc(Br)cc1.